The third-order valence-corrected chi connectivity index (χ3v) is 3.02. The minimum atomic E-state index is -0.477. The van der Waals surface area contributed by atoms with Crippen LogP contribution in [-0.4, -0.2) is 18.5 Å². The Morgan fingerprint density at radius 1 is 1.50 bits per heavy atom. The van der Waals surface area contributed by atoms with Gasteiger partial charge < -0.3 is 10.6 Å². The predicted molar refractivity (Wildman–Crippen MR) is 71.0 cm³/mol. The molecule has 1 rings (SSSR count). The van der Waals surface area contributed by atoms with Crippen LogP contribution in [-0.2, 0) is 11.3 Å². The molecule has 5 heteroatoms. The minimum Gasteiger partial charge on any atom is -0.351 e. The van der Waals surface area contributed by atoms with Gasteiger partial charge in [-0.25, -0.2) is 4.39 Å². The summed E-state index contributed by atoms with van der Waals surface area (Å²) in [7, 11) is 0. The maximum atomic E-state index is 13.5. The van der Waals surface area contributed by atoms with E-state index >= 15 is 0 Å². The van der Waals surface area contributed by atoms with Crippen LogP contribution in [0.2, 0.25) is 5.02 Å². The second-order valence-corrected chi connectivity index (χ2v) is 4.59. The molecule has 0 heterocycles. The van der Waals surface area contributed by atoms with Crippen LogP contribution in [0.1, 0.15) is 25.8 Å². The summed E-state index contributed by atoms with van der Waals surface area (Å²) in [5.74, 6) is -0.635. The molecule has 0 bridgehead atoms. The van der Waals surface area contributed by atoms with Gasteiger partial charge in [-0.1, -0.05) is 30.7 Å². The molecule has 0 aliphatic rings. The molecule has 100 valence electrons. The van der Waals surface area contributed by atoms with E-state index in [-0.39, 0.29) is 24.0 Å². The number of halogens is 2. The van der Waals surface area contributed by atoms with Gasteiger partial charge in [-0.3, -0.25) is 4.79 Å². The zero-order valence-electron chi connectivity index (χ0n) is 10.6. The molecule has 1 atom stereocenters. The fourth-order valence-corrected chi connectivity index (χ4v) is 1.55. The first-order chi connectivity index (χ1) is 8.54. The molecule has 18 heavy (non-hydrogen) atoms. The maximum absolute atomic E-state index is 13.5. The third-order valence-electron chi connectivity index (χ3n) is 2.73. The Bertz CT molecular complexity index is 412. The molecule has 1 aromatic carbocycles. The lowest BCUT2D eigenvalue weighted by Gasteiger charge is -2.11. The largest absolute Gasteiger partial charge is 0.351 e. The molecule has 1 amide bonds. The number of nitrogens with one attached hydrogen (secondary N) is 2. The van der Waals surface area contributed by atoms with Gasteiger partial charge in [0, 0.05) is 18.2 Å². The SMILES string of the molecule is CC[C@@H](C)NCC(=O)NCc1cccc(Cl)c1F. The number of carbonyl (C=O) groups excluding carboxylic acids is 1. The van der Waals surface area contributed by atoms with Gasteiger partial charge in [0.05, 0.1) is 11.6 Å². The summed E-state index contributed by atoms with van der Waals surface area (Å²) in [6.45, 7) is 4.42. The number of benzene rings is 1. The predicted octanol–water partition coefficient (Wildman–Crippen LogP) is 2.48. The van der Waals surface area contributed by atoms with Gasteiger partial charge in [0.2, 0.25) is 5.91 Å². The molecule has 0 spiro atoms. The summed E-state index contributed by atoms with van der Waals surface area (Å²) in [4.78, 5) is 11.5. The number of amides is 1. The lowest BCUT2D eigenvalue weighted by Crippen LogP contribution is -2.37. The second kappa shape index (κ2) is 7.34. The molecule has 0 saturated heterocycles. The molecule has 0 aliphatic heterocycles. The average molecular weight is 273 g/mol. The van der Waals surface area contributed by atoms with E-state index < -0.39 is 5.82 Å². The van der Waals surface area contributed by atoms with Crippen LogP contribution in [0.5, 0.6) is 0 Å². The highest BCUT2D eigenvalue weighted by Gasteiger charge is 2.08. The van der Waals surface area contributed by atoms with Gasteiger partial charge in [0.15, 0.2) is 0 Å². The highest BCUT2D eigenvalue weighted by Crippen LogP contribution is 2.17. The first-order valence-corrected chi connectivity index (χ1v) is 6.35. The molecule has 0 saturated carbocycles. The standard InChI is InChI=1S/C13H18ClFN2O/c1-3-9(2)16-8-12(18)17-7-10-5-4-6-11(14)13(10)15/h4-6,9,16H,3,7-8H2,1-2H3,(H,17,18)/t9-/m1/s1. The zero-order valence-corrected chi connectivity index (χ0v) is 11.4. The molecule has 0 aliphatic carbocycles. The van der Waals surface area contributed by atoms with Gasteiger partial charge in [-0.2, -0.15) is 0 Å². The van der Waals surface area contributed by atoms with Crippen molar-refractivity contribution in [3.63, 3.8) is 0 Å². The van der Waals surface area contributed by atoms with Gasteiger partial charge in [0.1, 0.15) is 5.82 Å². The van der Waals surface area contributed by atoms with Crippen LogP contribution < -0.4 is 10.6 Å². The summed E-state index contributed by atoms with van der Waals surface area (Å²) in [6.07, 6.45) is 0.955. The fraction of sp³-hybridized carbons (Fsp3) is 0.462. The smallest absolute Gasteiger partial charge is 0.234 e. The van der Waals surface area contributed by atoms with Crippen molar-refractivity contribution in [3.05, 3.63) is 34.6 Å². The second-order valence-electron chi connectivity index (χ2n) is 4.18. The van der Waals surface area contributed by atoms with Crippen molar-refractivity contribution < 1.29 is 9.18 Å². The lowest BCUT2D eigenvalue weighted by atomic mass is 10.2. The normalized spacial score (nSPS) is 12.2. The molecule has 0 unspecified atom stereocenters. The molecule has 0 radical (unpaired) electrons. The van der Waals surface area contributed by atoms with Gasteiger partial charge in [-0.15, -0.1) is 0 Å². The van der Waals surface area contributed by atoms with E-state index in [1.165, 1.54) is 6.07 Å². The number of rotatable bonds is 6. The molecular formula is C13H18ClFN2O. The first-order valence-electron chi connectivity index (χ1n) is 5.97. The monoisotopic (exact) mass is 272 g/mol. The Morgan fingerprint density at radius 2 is 2.22 bits per heavy atom. The van der Waals surface area contributed by atoms with Crippen LogP contribution in [0.4, 0.5) is 4.39 Å². The highest BCUT2D eigenvalue weighted by atomic mass is 35.5. The third kappa shape index (κ3) is 4.63. The Morgan fingerprint density at radius 3 is 2.89 bits per heavy atom. The first kappa shape index (κ1) is 14.9. The van der Waals surface area contributed by atoms with E-state index in [0.717, 1.165) is 6.42 Å². The zero-order chi connectivity index (χ0) is 13.5. The fourth-order valence-electron chi connectivity index (χ4n) is 1.35. The average Bonchev–Trinajstić information content (AvgIpc) is 2.37. The van der Waals surface area contributed by atoms with Gasteiger partial charge in [-0.05, 0) is 19.4 Å². The summed E-state index contributed by atoms with van der Waals surface area (Å²) in [5.41, 5.74) is 0.388. The topological polar surface area (TPSA) is 41.1 Å². The van der Waals surface area contributed by atoms with E-state index in [4.69, 9.17) is 11.6 Å². The highest BCUT2D eigenvalue weighted by molar-refractivity contribution is 6.30. The number of hydrogen-bond acceptors (Lipinski definition) is 2. The van der Waals surface area contributed by atoms with Gasteiger partial charge >= 0.3 is 0 Å². The van der Waals surface area contributed by atoms with Crippen molar-refractivity contribution in [1.82, 2.24) is 10.6 Å². The Balaban J connectivity index is 2.41. The Labute approximate surface area is 112 Å². The number of hydrogen-bond donors (Lipinski definition) is 2. The summed E-state index contributed by atoms with van der Waals surface area (Å²) in [6, 6.07) is 5.03. The van der Waals surface area contributed by atoms with Crippen molar-refractivity contribution in [3.8, 4) is 0 Å². The van der Waals surface area contributed by atoms with E-state index in [1.807, 2.05) is 13.8 Å². The van der Waals surface area contributed by atoms with E-state index in [2.05, 4.69) is 10.6 Å². The van der Waals surface area contributed by atoms with Crippen molar-refractivity contribution in [2.24, 2.45) is 0 Å². The van der Waals surface area contributed by atoms with Crippen molar-refractivity contribution in [1.29, 1.82) is 0 Å². The summed E-state index contributed by atoms with van der Waals surface area (Å²) in [5, 5.41) is 5.78. The summed E-state index contributed by atoms with van der Waals surface area (Å²) >= 11 is 5.65. The molecular weight excluding hydrogens is 255 g/mol. The molecule has 0 aromatic heterocycles. The minimum absolute atomic E-state index is 0.0690. The van der Waals surface area contributed by atoms with Crippen molar-refractivity contribution in [2.45, 2.75) is 32.9 Å². The van der Waals surface area contributed by atoms with E-state index in [1.54, 1.807) is 12.1 Å². The van der Waals surface area contributed by atoms with Crippen molar-refractivity contribution >= 4 is 17.5 Å². The quantitative estimate of drug-likeness (QED) is 0.835. The molecule has 3 nitrogen and oxygen atoms in total. The maximum Gasteiger partial charge on any atom is 0.234 e. The number of carbonyl (C=O) groups is 1. The Kier molecular flexibility index (Phi) is 6.09. The molecule has 2 N–H and O–H groups in total. The van der Waals surface area contributed by atoms with Gasteiger partial charge in [0.25, 0.3) is 0 Å². The van der Waals surface area contributed by atoms with Crippen LogP contribution >= 0.6 is 11.6 Å². The van der Waals surface area contributed by atoms with E-state index in [0.29, 0.717) is 11.6 Å². The van der Waals surface area contributed by atoms with E-state index in [9.17, 15) is 9.18 Å². The molecule has 0 fully saturated rings. The van der Waals surface area contributed by atoms with Crippen LogP contribution in [0.3, 0.4) is 0 Å². The van der Waals surface area contributed by atoms with Crippen LogP contribution in [0.15, 0.2) is 18.2 Å². The Hall–Kier alpha value is -1.13. The summed E-state index contributed by atoms with van der Waals surface area (Å²) < 4.78 is 13.5. The van der Waals surface area contributed by atoms with Crippen LogP contribution in [0, 0.1) is 5.82 Å². The molecule has 1 aromatic rings. The lowest BCUT2D eigenvalue weighted by molar-refractivity contribution is -0.120. The van der Waals surface area contributed by atoms with Crippen molar-refractivity contribution in [2.75, 3.05) is 6.54 Å². The van der Waals surface area contributed by atoms with Crippen LogP contribution in [0.25, 0.3) is 0 Å².